The van der Waals surface area contributed by atoms with E-state index in [1.54, 1.807) is 36.4 Å². The van der Waals surface area contributed by atoms with Gasteiger partial charge in [-0.05, 0) is 24.3 Å². The molecule has 2 aromatic carbocycles. The standard InChI is InChI=1S/C17H15Cl2N3O4/c1-25-10-6-7-14(15(8-10)26-2)21-16(23)17(24)22-20-9-11-12(18)4-3-5-13(11)19/h3-9H,1-2H3,(H,21,23)(H,22,24)/b20-9-. The molecule has 0 aliphatic heterocycles. The molecule has 0 fully saturated rings. The van der Waals surface area contributed by atoms with Gasteiger partial charge in [0.1, 0.15) is 11.5 Å². The van der Waals surface area contributed by atoms with Crippen LogP contribution in [0.2, 0.25) is 10.0 Å². The largest absolute Gasteiger partial charge is 0.497 e. The van der Waals surface area contributed by atoms with Gasteiger partial charge >= 0.3 is 11.8 Å². The van der Waals surface area contributed by atoms with E-state index in [4.69, 9.17) is 32.7 Å². The quantitative estimate of drug-likeness (QED) is 0.462. The van der Waals surface area contributed by atoms with Crippen LogP contribution >= 0.6 is 23.2 Å². The molecular formula is C17H15Cl2N3O4. The lowest BCUT2D eigenvalue weighted by molar-refractivity contribution is -0.136. The summed E-state index contributed by atoms with van der Waals surface area (Å²) in [5.41, 5.74) is 2.84. The number of hydrogen-bond donors (Lipinski definition) is 2. The number of carbonyl (C=O) groups is 2. The van der Waals surface area contributed by atoms with Gasteiger partial charge in [-0.1, -0.05) is 29.3 Å². The highest BCUT2D eigenvalue weighted by Crippen LogP contribution is 2.28. The zero-order valence-electron chi connectivity index (χ0n) is 13.9. The van der Waals surface area contributed by atoms with E-state index in [2.05, 4.69) is 15.8 Å². The highest BCUT2D eigenvalue weighted by Gasteiger charge is 2.16. The Balaban J connectivity index is 2.02. The average Bonchev–Trinajstić information content (AvgIpc) is 2.64. The van der Waals surface area contributed by atoms with Crippen LogP contribution in [0.5, 0.6) is 11.5 Å². The van der Waals surface area contributed by atoms with Gasteiger partial charge in [-0.2, -0.15) is 5.10 Å². The summed E-state index contributed by atoms with van der Waals surface area (Å²) in [6.07, 6.45) is 1.25. The van der Waals surface area contributed by atoms with E-state index >= 15 is 0 Å². The maximum absolute atomic E-state index is 12.0. The summed E-state index contributed by atoms with van der Waals surface area (Å²) < 4.78 is 10.2. The van der Waals surface area contributed by atoms with Gasteiger partial charge in [0, 0.05) is 11.6 Å². The normalized spacial score (nSPS) is 10.5. The Labute approximate surface area is 159 Å². The molecule has 2 aromatic rings. The summed E-state index contributed by atoms with van der Waals surface area (Å²) in [4.78, 5) is 23.8. The molecule has 0 atom stereocenters. The molecule has 0 spiro atoms. The van der Waals surface area contributed by atoms with Crippen molar-refractivity contribution in [2.45, 2.75) is 0 Å². The molecule has 0 heterocycles. The Morgan fingerprint density at radius 2 is 1.73 bits per heavy atom. The summed E-state index contributed by atoms with van der Waals surface area (Å²) in [5, 5.41) is 6.84. The van der Waals surface area contributed by atoms with E-state index in [0.29, 0.717) is 32.8 Å². The SMILES string of the molecule is COc1ccc(NC(=O)C(=O)N/N=C\c2c(Cl)cccc2Cl)c(OC)c1. The minimum absolute atomic E-state index is 0.312. The predicted octanol–water partition coefficient (Wildman–Crippen LogP) is 3.10. The number of ether oxygens (including phenoxy) is 2. The Hall–Kier alpha value is -2.77. The topological polar surface area (TPSA) is 89.0 Å². The second-order valence-corrected chi connectivity index (χ2v) is 5.67. The van der Waals surface area contributed by atoms with Crippen LogP contribution in [0.25, 0.3) is 0 Å². The summed E-state index contributed by atoms with van der Waals surface area (Å²) in [6.45, 7) is 0. The first-order valence-electron chi connectivity index (χ1n) is 7.26. The fraction of sp³-hybridized carbons (Fsp3) is 0.118. The van der Waals surface area contributed by atoms with Crippen molar-refractivity contribution in [3.8, 4) is 11.5 Å². The van der Waals surface area contributed by atoms with Gasteiger partial charge in [0.05, 0.1) is 36.2 Å². The molecular weight excluding hydrogens is 381 g/mol. The maximum Gasteiger partial charge on any atom is 0.329 e. The van der Waals surface area contributed by atoms with E-state index in [0.717, 1.165) is 0 Å². The zero-order valence-corrected chi connectivity index (χ0v) is 15.4. The van der Waals surface area contributed by atoms with Crippen molar-refractivity contribution in [3.63, 3.8) is 0 Å². The molecule has 0 radical (unpaired) electrons. The van der Waals surface area contributed by atoms with E-state index in [9.17, 15) is 9.59 Å². The minimum atomic E-state index is -0.970. The third-order valence-electron chi connectivity index (χ3n) is 3.22. The number of hydrazone groups is 1. The number of nitrogens with one attached hydrogen (secondary N) is 2. The molecule has 0 bridgehead atoms. The third kappa shape index (κ3) is 4.87. The monoisotopic (exact) mass is 395 g/mol. The van der Waals surface area contributed by atoms with Crippen molar-refractivity contribution in [2.75, 3.05) is 19.5 Å². The van der Waals surface area contributed by atoms with Gasteiger partial charge in [0.2, 0.25) is 0 Å². The molecule has 2 amide bonds. The number of anilines is 1. The molecule has 9 heteroatoms. The number of halogens is 2. The predicted molar refractivity (Wildman–Crippen MR) is 100 cm³/mol. The van der Waals surface area contributed by atoms with Crippen LogP contribution < -0.4 is 20.2 Å². The van der Waals surface area contributed by atoms with Gasteiger partial charge in [0.25, 0.3) is 0 Å². The smallest absolute Gasteiger partial charge is 0.329 e. The van der Waals surface area contributed by atoms with E-state index < -0.39 is 11.8 Å². The van der Waals surface area contributed by atoms with Crippen molar-refractivity contribution in [1.82, 2.24) is 5.43 Å². The summed E-state index contributed by atoms with van der Waals surface area (Å²) >= 11 is 12.0. The first-order chi connectivity index (χ1) is 12.5. The number of hydrogen-bond acceptors (Lipinski definition) is 5. The van der Waals surface area contributed by atoms with Gasteiger partial charge in [-0.15, -0.1) is 0 Å². The lowest BCUT2D eigenvalue weighted by Crippen LogP contribution is -2.32. The highest BCUT2D eigenvalue weighted by atomic mass is 35.5. The van der Waals surface area contributed by atoms with Crippen molar-refractivity contribution in [3.05, 3.63) is 52.0 Å². The van der Waals surface area contributed by atoms with Crippen LogP contribution in [0.1, 0.15) is 5.56 Å². The number of nitrogens with zero attached hydrogens (tertiary/aromatic N) is 1. The second-order valence-electron chi connectivity index (χ2n) is 4.85. The minimum Gasteiger partial charge on any atom is -0.497 e. The van der Waals surface area contributed by atoms with Crippen molar-refractivity contribution in [1.29, 1.82) is 0 Å². The van der Waals surface area contributed by atoms with Crippen molar-refractivity contribution >= 4 is 46.9 Å². The van der Waals surface area contributed by atoms with Gasteiger partial charge < -0.3 is 14.8 Å². The summed E-state index contributed by atoms with van der Waals surface area (Å²) in [5.74, 6) is -1.000. The molecule has 26 heavy (non-hydrogen) atoms. The first kappa shape index (κ1) is 19.6. The third-order valence-corrected chi connectivity index (χ3v) is 3.88. The van der Waals surface area contributed by atoms with E-state index in [1.807, 2.05) is 0 Å². The number of carbonyl (C=O) groups excluding carboxylic acids is 2. The van der Waals surface area contributed by atoms with Crippen molar-refractivity contribution < 1.29 is 19.1 Å². The molecule has 0 aromatic heterocycles. The zero-order chi connectivity index (χ0) is 19.1. The van der Waals surface area contributed by atoms with Crippen molar-refractivity contribution in [2.24, 2.45) is 5.10 Å². The van der Waals surface area contributed by atoms with Crippen LogP contribution in [-0.4, -0.2) is 32.2 Å². The fourth-order valence-corrected chi connectivity index (χ4v) is 2.42. The Morgan fingerprint density at radius 1 is 1.04 bits per heavy atom. The number of rotatable bonds is 5. The molecule has 136 valence electrons. The van der Waals surface area contributed by atoms with Gasteiger partial charge in [-0.3, -0.25) is 9.59 Å². The lowest BCUT2D eigenvalue weighted by atomic mass is 10.2. The molecule has 7 nitrogen and oxygen atoms in total. The van der Waals surface area contributed by atoms with E-state index in [1.165, 1.54) is 20.4 Å². The molecule has 0 aliphatic rings. The van der Waals surface area contributed by atoms with Crippen LogP contribution in [0.4, 0.5) is 5.69 Å². The molecule has 2 N–H and O–H groups in total. The van der Waals surface area contributed by atoms with Gasteiger partial charge in [0.15, 0.2) is 0 Å². The second kappa shape index (κ2) is 9.07. The molecule has 0 saturated heterocycles. The number of benzene rings is 2. The van der Waals surface area contributed by atoms with Gasteiger partial charge in [-0.25, -0.2) is 5.43 Å². The van der Waals surface area contributed by atoms with Crippen LogP contribution in [-0.2, 0) is 9.59 Å². The fourth-order valence-electron chi connectivity index (χ4n) is 1.92. The summed E-state index contributed by atoms with van der Waals surface area (Å²) in [6, 6.07) is 9.67. The lowest BCUT2D eigenvalue weighted by Gasteiger charge is -2.10. The first-order valence-corrected chi connectivity index (χ1v) is 8.02. The number of methoxy groups -OCH3 is 2. The van der Waals surface area contributed by atoms with Crippen LogP contribution in [0.15, 0.2) is 41.5 Å². The van der Waals surface area contributed by atoms with E-state index in [-0.39, 0.29) is 0 Å². The highest BCUT2D eigenvalue weighted by molar-refractivity contribution is 6.40. The summed E-state index contributed by atoms with van der Waals surface area (Å²) in [7, 11) is 2.94. The van der Waals surface area contributed by atoms with Crippen LogP contribution in [0, 0.1) is 0 Å². The molecule has 0 unspecified atom stereocenters. The molecule has 2 rings (SSSR count). The average molecular weight is 396 g/mol. The van der Waals surface area contributed by atoms with Crippen LogP contribution in [0.3, 0.4) is 0 Å². The Bertz CT molecular complexity index is 836. The Morgan fingerprint density at radius 3 is 2.35 bits per heavy atom. The maximum atomic E-state index is 12.0. The molecule has 0 aliphatic carbocycles. The molecule has 0 saturated carbocycles. The Kier molecular flexibility index (Phi) is 6.82. The number of amides is 2.